The molecule has 2 aliphatic rings. The number of piperidine rings is 1. The number of Topliss-reactive ketones (excluding diaryl/α,β-unsaturated/α-hetero) is 1. The van der Waals surface area contributed by atoms with Crippen LogP contribution < -0.4 is 5.32 Å². The second kappa shape index (κ2) is 4.02. The van der Waals surface area contributed by atoms with Crippen LogP contribution in [0.2, 0.25) is 0 Å². The topological polar surface area (TPSA) is 63.2 Å². The van der Waals surface area contributed by atoms with E-state index in [1.165, 1.54) is 0 Å². The molecule has 2 amide bonds. The van der Waals surface area contributed by atoms with Crippen LogP contribution in [0.15, 0.2) is 18.2 Å². The lowest BCUT2D eigenvalue weighted by molar-refractivity contribution is -0.138. The third-order valence-electron chi connectivity index (χ3n) is 4.30. The highest BCUT2D eigenvalue weighted by atomic mass is 16.2. The van der Waals surface area contributed by atoms with Gasteiger partial charge in [-0.15, -0.1) is 0 Å². The maximum absolute atomic E-state index is 12.4. The maximum atomic E-state index is 12.4. The molecule has 1 saturated heterocycles. The molecule has 98 valence electrons. The Morgan fingerprint density at radius 2 is 1.84 bits per heavy atom. The van der Waals surface area contributed by atoms with E-state index in [4.69, 9.17) is 0 Å². The average Bonchev–Trinajstić information content (AvgIpc) is 2.38. The third kappa shape index (κ3) is 1.63. The summed E-state index contributed by atoms with van der Waals surface area (Å²) >= 11 is 0. The third-order valence-corrected chi connectivity index (χ3v) is 4.30. The second-order valence-electron chi connectivity index (χ2n) is 5.38. The van der Waals surface area contributed by atoms with E-state index in [9.17, 15) is 14.4 Å². The number of carbonyl (C=O) groups is 3. The van der Waals surface area contributed by atoms with E-state index in [0.717, 1.165) is 11.1 Å². The highest BCUT2D eigenvalue weighted by Crippen LogP contribution is 2.44. The fourth-order valence-electron chi connectivity index (χ4n) is 3.35. The minimum atomic E-state index is -0.692. The standard InChI is InChI=1S/C15H15NO3/c1-9-3-2-4-10-11(17)5-7-15(13(9)10)8-6-12(18)16-14(15)19/h2-4H,5-8H2,1H3,(H,16,18,19). The minimum absolute atomic E-state index is 0.0917. The Labute approximate surface area is 111 Å². The molecule has 1 N–H and O–H groups in total. The predicted octanol–water partition coefficient (Wildman–Crippen LogP) is 1.65. The second-order valence-corrected chi connectivity index (χ2v) is 5.38. The van der Waals surface area contributed by atoms with Gasteiger partial charge in [-0.3, -0.25) is 19.7 Å². The molecule has 0 aromatic heterocycles. The van der Waals surface area contributed by atoms with Crippen LogP contribution >= 0.6 is 0 Å². The van der Waals surface area contributed by atoms with E-state index in [1.807, 2.05) is 19.1 Å². The summed E-state index contributed by atoms with van der Waals surface area (Å²) < 4.78 is 0. The van der Waals surface area contributed by atoms with Crippen molar-refractivity contribution in [2.24, 2.45) is 0 Å². The van der Waals surface area contributed by atoms with Crippen molar-refractivity contribution in [3.8, 4) is 0 Å². The van der Waals surface area contributed by atoms with Crippen molar-refractivity contribution in [3.05, 3.63) is 34.9 Å². The number of hydrogen-bond acceptors (Lipinski definition) is 3. The first-order chi connectivity index (χ1) is 9.04. The van der Waals surface area contributed by atoms with Crippen molar-refractivity contribution in [3.63, 3.8) is 0 Å². The molecular weight excluding hydrogens is 242 g/mol. The van der Waals surface area contributed by atoms with Crippen molar-refractivity contribution in [2.45, 2.75) is 38.0 Å². The summed E-state index contributed by atoms with van der Waals surface area (Å²) in [5.41, 5.74) is 1.74. The van der Waals surface area contributed by atoms with Crippen LogP contribution in [0.25, 0.3) is 0 Å². The number of nitrogens with one attached hydrogen (secondary N) is 1. The van der Waals surface area contributed by atoms with Gasteiger partial charge in [0.25, 0.3) is 0 Å². The Kier molecular flexibility index (Phi) is 2.55. The van der Waals surface area contributed by atoms with Crippen molar-refractivity contribution in [1.82, 2.24) is 5.32 Å². The van der Waals surface area contributed by atoms with Crippen LogP contribution in [0.5, 0.6) is 0 Å². The van der Waals surface area contributed by atoms with Gasteiger partial charge in [-0.05, 0) is 30.9 Å². The summed E-state index contributed by atoms with van der Waals surface area (Å²) in [6.07, 6.45) is 1.72. The molecule has 1 aromatic rings. The van der Waals surface area contributed by atoms with Crippen molar-refractivity contribution in [2.75, 3.05) is 0 Å². The first-order valence-corrected chi connectivity index (χ1v) is 6.52. The number of imide groups is 1. The molecule has 1 fully saturated rings. The van der Waals surface area contributed by atoms with E-state index in [-0.39, 0.29) is 17.6 Å². The lowest BCUT2D eigenvalue weighted by atomic mass is 9.64. The monoisotopic (exact) mass is 257 g/mol. The molecule has 1 aliphatic heterocycles. The molecule has 4 nitrogen and oxygen atoms in total. The molecule has 1 spiro atoms. The van der Waals surface area contributed by atoms with Crippen molar-refractivity contribution < 1.29 is 14.4 Å². The molecule has 1 aromatic carbocycles. The van der Waals surface area contributed by atoms with Crippen LogP contribution in [0.3, 0.4) is 0 Å². The number of amides is 2. The summed E-state index contributed by atoms with van der Waals surface area (Å²) in [6.45, 7) is 1.92. The minimum Gasteiger partial charge on any atom is -0.296 e. The summed E-state index contributed by atoms with van der Waals surface area (Å²) in [6, 6.07) is 5.55. The van der Waals surface area contributed by atoms with E-state index in [2.05, 4.69) is 5.32 Å². The Morgan fingerprint density at radius 3 is 2.58 bits per heavy atom. The summed E-state index contributed by atoms with van der Waals surface area (Å²) in [5.74, 6) is -0.372. The molecule has 0 radical (unpaired) electrons. The van der Waals surface area contributed by atoms with Gasteiger partial charge in [0.2, 0.25) is 11.8 Å². The molecule has 0 bridgehead atoms. The van der Waals surface area contributed by atoms with Gasteiger partial charge in [-0.1, -0.05) is 18.2 Å². The van der Waals surface area contributed by atoms with E-state index in [0.29, 0.717) is 31.2 Å². The van der Waals surface area contributed by atoms with Gasteiger partial charge in [-0.2, -0.15) is 0 Å². The normalized spacial score (nSPS) is 26.3. The Bertz CT molecular complexity index is 605. The fraction of sp³-hybridized carbons (Fsp3) is 0.400. The molecule has 4 heteroatoms. The first kappa shape index (κ1) is 12.1. The molecule has 19 heavy (non-hydrogen) atoms. The smallest absolute Gasteiger partial charge is 0.237 e. The van der Waals surface area contributed by atoms with Gasteiger partial charge in [0.15, 0.2) is 5.78 Å². The van der Waals surface area contributed by atoms with Gasteiger partial charge in [0.05, 0.1) is 5.41 Å². The highest BCUT2D eigenvalue weighted by molar-refractivity contribution is 6.08. The quantitative estimate of drug-likeness (QED) is 0.719. The largest absolute Gasteiger partial charge is 0.296 e. The lowest BCUT2D eigenvalue weighted by Gasteiger charge is -2.40. The van der Waals surface area contributed by atoms with Gasteiger partial charge < -0.3 is 0 Å². The summed E-state index contributed by atoms with van der Waals surface area (Å²) in [5, 5.41) is 2.43. The molecule has 1 aliphatic carbocycles. The van der Waals surface area contributed by atoms with Crippen molar-refractivity contribution >= 4 is 17.6 Å². The van der Waals surface area contributed by atoms with E-state index >= 15 is 0 Å². The Morgan fingerprint density at radius 1 is 1.11 bits per heavy atom. The van der Waals surface area contributed by atoms with Crippen LogP contribution in [-0.4, -0.2) is 17.6 Å². The van der Waals surface area contributed by atoms with Gasteiger partial charge in [-0.25, -0.2) is 0 Å². The number of hydrogen-bond donors (Lipinski definition) is 1. The van der Waals surface area contributed by atoms with Crippen LogP contribution in [-0.2, 0) is 15.0 Å². The molecule has 1 atom stereocenters. The number of ketones is 1. The Balaban J connectivity index is 2.21. The summed E-state index contributed by atoms with van der Waals surface area (Å²) in [4.78, 5) is 35.8. The van der Waals surface area contributed by atoms with Gasteiger partial charge in [0.1, 0.15) is 0 Å². The molecule has 1 unspecified atom stereocenters. The number of carbonyl (C=O) groups excluding carboxylic acids is 3. The van der Waals surface area contributed by atoms with Crippen LogP contribution in [0, 0.1) is 6.92 Å². The fourth-order valence-corrected chi connectivity index (χ4v) is 3.35. The SMILES string of the molecule is Cc1cccc2c1C1(CCC(=O)NC1=O)CCC2=O. The number of benzene rings is 1. The number of rotatable bonds is 0. The summed E-state index contributed by atoms with van der Waals surface area (Å²) in [7, 11) is 0. The number of fused-ring (bicyclic) bond motifs is 2. The zero-order valence-corrected chi connectivity index (χ0v) is 10.8. The molecule has 0 saturated carbocycles. The lowest BCUT2D eigenvalue weighted by Crippen LogP contribution is -2.53. The Hall–Kier alpha value is -1.97. The van der Waals surface area contributed by atoms with E-state index in [1.54, 1.807) is 6.07 Å². The van der Waals surface area contributed by atoms with Crippen LogP contribution in [0.4, 0.5) is 0 Å². The molecule has 3 rings (SSSR count). The van der Waals surface area contributed by atoms with E-state index < -0.39 is 5.41 Å². The van der Waals surface area contributed by atoms with Gasteiger partial charge >= 0.3 is 0 Å². The molecule has 1 heterocycles. The van der Waals surface area contributed by atoms with Gasteiger partial charge in [0, 0.05) is 18.4 Å². The zero-order valence-electron chi connectivity index (χ0n) is 10.8. The average molecular weight is 257 g/mol. The zero-order chi connectivity index (χ0) is 13.6. The van der Waals surface area contributed by atoms with Crippen LogP contribution in [0.1, 0.15) is 47.2 Å². The molecular formula is C15H15NO3. The number of aryl methyl sites for hydroxylation is 1. The highest BCUT2D eigenvalue weighted by Gasteiger charge is 2.48. The van der Waals surface area contributed by atoms with Crippen molar-refractivity contribution in [1.29, 1.82) is 0 Å². The predicted molar refractivity (Wildman–Crippen MR) is 68.8 cm³/mol. The first-order valence-electron chi connectivity index (χ1n) is 6.52. The maximum Gasteiger partial charge on any atom is 0.237 e.